The number of halogens is 3. The fourth-order valence-corrected chi connectivity index (χ4v) is 3.48. The largest absolute Gasteiger partial charge is 0.433 e. The van der Waals surface area contributed by atoms with Crippen molar-refractivity contribution in [1.29, 1.82) is 0 Å². The van der Waals surface area contributed by atoms with Gasteiger partial charge in [-0.15, -0.1) is 0 Å². The molecule has 0 saturated carbocycles. The van der Waals surface area contributed by atoms with Gasteiger partial charge in [0.1, 0.15) is 5.69 Å². The van der Waals surface area contributed by atoms with Gasteiger partial charge in [-0.05, 0) is 37.0 Å². The van der Waals surface area contributed by atoms with Crippen molar-refractivity contribution in [3.63, 3.8) is 0 Å². The highest BCUT2D eigenvalue weighted by atomic mass is 19.4. The second-order valence-corrected chi connectivity index (χ2v) is 7.13. The molecule has 0 radical (unpaired) electrons. The zero-order chi connectivity index (χ0) is 20.3. The van der Waals surface area contributed by atoms with Gasteiger partial charge in [-0.3, -0.25) is 4.79 Å². The Bertz CT molecular complexity index is 848. The molecule has 2 aromatic rings. The highest BCUT2D eigenvalue weighted by molar-refractivity contribution is 5.76. The number of pyridine rings is 1. The third-order valence-corrected chi connectivity index (χ3v) is 5.07. The van der Waals surface area contributed by atoms with Crippen LogP contribution in [0.4, 0.5) is 13.2 Å². The van der Waals surface area contributed by atoms with Crippen molar-refractivity contribution >= 4 is 5.91 Å². The molecule has 1 aliphatic rings. The topological polar surface area (TPSA) is 53.4 Å². The van der Waals surface area contributed by atoms with Crippen molar-refractivity contribution < 1.29 is 23.1 Å². The van der Waals surface area contributed by atoms with Gasteiger partial charge in [0.05, 0.1) is 12.3 Å². The van der Waals surface area contributed by atoms with E-state index in [4.69, 9.17) is 0 Å². The van der Waals surface area contributed by atoms with Gasteiger partial charge in [0.25, 0.3) is 0 Å². The minimum atomic E-state index is -4.55. The lowest BCUT2D eigenvalue weighted by Gasteiger charge is -2.21. The first-order chi connectivity index (χ1) is 13.3. The summed E-state index contributed by atoms with van der Waals surface area (Å²) in [6.07, 6.45) is -1.05. The molecule has 0 bridgehead atoms. The average Bonchev–Trinajstić information content (AvgIpc) is 2.85. The van der Waals surface area contributed by atoms with Crippen molar-refractivity contribution in [2.24, 2.45) is 0 Å². The first kappa shape index (κ1) is 20.3. The van der Waals surface area contributed by atoms with E-state index in [-0.39, 0.29) is 11.6 Å². The molecule has 1 aliphatic heterocycles. The van der Waals surface area contributed by atoms with E-state index in [2.05, 4.69) is 4.98 Å². The predicted molar refractivity (Wildman–Crippen MR) is 99.2 cm³/mol. The van der Waals surface area contributed by atoms with Crippen LogP contribution in [0.25, 0.3) is 11.3 Å². The van der Waals surface area contributed by atoms with E-state index in [0.717, 1.165) is 37.4 Å². The fraction of sp³-hybridized carbons (Fsp3) is 0.429. The highest BCUT2D eigenvalue weighted by Crippen LogP contribution is 2.33. The lowest BCUT2D eigenvalue weighted by atomic mass is 10.00. The van der Waals surface area contributed by atoms with Crippen LogP contribution in [0.3, 0.4) is 0 Å². The van der Waals surface area contributed by atoms with Crippen LogP contribution in [0, 0.1) is 6.92 Å². The summed E-state index contributed by atoms with van der Waals surface area (Å²) >= 11 is 0. The van der Waals surface area contributed by atoms with Crippen LogP contribution in [0.5, 0.6) is 0 Å². The van der Waals surface area contributed by atoms with E-state index in [1.54, 1.807) is 24.3 Å². The predicted octanol–water partition coefficient (Wildman–Crippen LogP) is 4.47. The van der Waals surface area contributed by atoms with Crippen molar-refractivity contribution in [2.45, 2.75) is 51.9 Å². The standard InChI is InChI=1S/C21H23F3N2O2/c1-14-11-18(21(22,23)24)25-20(17(14)13-27)16-8-6-15(7-9-16)12-26-10-4-2-3-5-19(26)28/h6-9,11,27H,2-5,10,12-13H2,1H3. The van der Waals surface area contributed by atoms with Crippen molar-refractivity contribution in [3.8, 4) is 11.3 Å². The second kappa shape index (κ2) is 8.31. The summed E-state index contributed by atoms with van der Waals surface area (Å²) < 4.78 is 39.4. The molecule has 0 unspecified atom stereocenters. The number of carbonyl (C=O) groups excluding carboxylic acids is 1. The van der Waals surface area contributed by atoms with Gasteiger partial charge >= 0.3 is 6.18 Å². The monoisotopic (exact) mass is 392 g/mol. The number of carbonyl (C=O) groups is 1. The molecule has 1 N–H and O–H groups in total. The third-order valence-electron chi connectivity index (χ3n) is 5.07. The number of aromatic nitrogens is 1. The number of alkyl halides is 3. The molecule has 1 fully saturated rings. The van der Waals surface area contributed by atoms with Gasteiger partial charge < -0.3 is 10.0 Å². The third kappa shape index (κ3) is 4.52. The quantitative estimate of drug-likeness (QED) is 0.835. The molecule has 28 heavy (non-hydrogen) atoms. The molecule has 1 aromatic carbocycles. The number of aliphatic hydroxyl groups excluding tert-OH is 1. The maximum Gasteiger partial charge on any atom is 0.433 e. The molecule has 1 aromatic heterocycles. The van der Waals surface area contributed by atoms with Crippen molar-refractivity contribution in [1.82, 2.24) is 9.88 Å². The summed E-state index contributed by atoms with van der Waals surface area (Å²) in [5.41, 5.74) is 1.30. The maximum atomic E-state index is 13.1. The molecule has 0 aliphatic carbocycles. The highest BCUT2D eigenvalue weighted by Gasteiger charge is 2.33. The normalized spacial score (nSPS) is 15.6. The first-order valence-electron chi connectivity index (χ1n) is 9.35. The zero-order valence-electron chi connectivity index (χ0n) is 15.7. The number of nitrogens with zero attached hydrogens (tertiary/aromatic N) is 2. The molecular weight excluding hydrogens is 369 g/mol. The fourth-order valence-electron chi connectivity index (χ4n) is 3.48. The lowest BCUT2D eigenvalue weighted by molar-refractivity contribution is -0.141. The summed E-state index contributed by atoms with van der Waals surface area (Å²) in [6, 6.07) is 7.93. The maximum absolute atomic E-state index is 13.1. The van der Waals surface area contributed by atoms with Crippen LogP contribution < -0.4 is 0 Å². The van der Waals surface area contributed by atoms with E-state index in [9.17, 15) is 23.1 Å². The lowest BCUT2D eigenvalue weighted by Crippen LogP contribution is -2.29. The Labute approximate surface area is 162 Å². The number of aryl methyl sites for hydroxylation is 1. The summed E-state index contributed by atoms with van der Waals surface area (Å²) in [5, 5.41) is 9.62. The first-order valence-corrected chi connectivity index (χ1v) is 9.35. The Balaban J connectivity index is 1.88. The molecule has 3 rings (SSSR count). The van der Waals surface area contributed by atoms with Crippen LogP contribution in [0.1, 0.15) is 48.1 Å². The summed E-state index contributed by atoms with van der Waals surface area (Å²) in [6.45, 7) is 2.35. The Morgan fingerprint density at radius 2 is 1.86 bits per heavy atom. The van der Waals surface area contributed by atoms with Crippen LogP contribution in [-0.2, 0) is 24.1 Å². The van der Waals surface area contributed by atoms with Gasteiger partial charge in [0, 0.05) is 30.6 Å². The minimum Gasteiger partial charge on any atom is -0.392 e. The van der Waals surface area contributed by atoms with Gasteiger partial charge in [0.2, 0.25) is 5.91 Å². The molecular formula is C21H23F3N2O2. The zero-order valence-corrected chi connectivity index (χ0v) is 15.7. The van der Waals surface area contributed by atoms with Gasteiger partial charge in [-0.1, -0.05) is 30.7 Å². The van der Waals surface area contributed by atoms with Crippen LogP contribution >= 0.6 is 0 Å². The summed E-state index contributed by atoms with van der Waals surface area (Å²) in [7, 11) is 0. The molecule has 4 nitrogen and oxygen atoms in total. The van der Waals surface area contributed by atoms with Crippen molar-refractivity contribution in [3.05, 3.63) is 52.7 Å². The van der Waals surface area contributed by atoms with E-state index in [1.165, 1.54) is 6.92 Å². The van der Waals surface area contributed by atoms with Gasteiger partial charge in [0.15, 0.2) is 0 Å². The molecule has 7 heteroatoms. The average molecular weight is 392 g/mol. The Morgan fingerprint density at radius 3 is 2.50 bits per heavy atom. The van der Waals surface area contributed by atoms with E-state index in [1.807, 2.05) is 4.90 Å². The van der Waals surface area contributed by atoms with Crippen molar-refractivity contribution in [2.75, 3.05) is 6.54 Å². The molecule has 0 atom stereocenters. The smallest absolute Gasteiger partial charge is 0.392 e. The Hall–Kier alpha value is -2.41. The number of rotatable bonds is 4. The summed E-state index contributed by atoms with van der Waals surface area (Å²) in [4.78, 5) is 17.7. The number of hydrogen-bond acceptors (Lipinski definition) is 3. The van der Waals surface area contributed by atoms with Crippen LogP contribution in [0.15, 0.2) is 30.3 Å². The summed E-state index contributed by atoms with van der Waals surface area (Å²) in [5.74, 6) is 0.138. The SMILES string of the molecule is Cc1cc(C(F)(F)F)nc(-c2ccc(CN3CCCCCC3=O)cc2)c1CO. The number of amides is 1. The van der Waals surface area contributed by atoms with Gasteiger partial charge in [-0.25, -0.2) is 4.98 Å². The van der Waals surface area contributed by atoms with E-state index < -0.39 is 18.5 Å². The molecule has 2 heterocycles. The molecule has 150 valence electrons. The van der Waals surface area contributed by atoms with Crippen LogP contribution in [-0.4, -0.2) is 27.4 Å². The molecule has 1 amide bonds. The Kier molecular flexibility index (Phi) is 6.03. The number of aliphatic hydroxyl groups is 1. The van der Waals surface area contributed by atoms with Gasteiger partial charge in [-0.2, -0.15) is 13.2 Å². The van der Waals surface area contributed by atoms with E-state index in [0.29, 0.717) is 29.7 Å². The molecule has 1 saturated heterocycles. The Morgan fingerprint density at radius 1 is 1.14 bits per heavy atom. The minimum absolute atomic E-state index is 0.132. The number of benzene rings is 1. The number of likely N-dealkylation sites (tertiary alicyclic amines) is 1. The van der Waals surface area contributed by atoms with Crippen LogP contribution in [0.2, 0.25) is 0 Å². The van der Waals surface area contributed by atoms with E-state index >= 15 is 0 Å². The molecule has 0 spiro atoms. The second-order valence-electron chi connectivity index (χ2n) is 7.13. The number of hydrogen-bond donors (Lipinski definition) is 1.